The van der Waals surface area contributed by atoms with Gasteiger partial charge in [0.1, 0.15) is 0 Å². The number of nitrogens with zero attached hydrogens (tertiary/aromatic N) is 2. The molecule has 2 atom stereocenters. The number of carbonyl (C=O) groups is 1. The Kier molecular flexibility index (Phi) is 5.18. The number of rotatable bonds is 4. The zero-order chi connectivity index (χ0) is 18.8. The molecule has 1 aliphatic rings. The number of carbonyl (C=O) groups excluding carboxylic acids is 1. The highest BCUT2D eigenvalue weighted by Crippen LogP contribution is 2.23. The molecular formula is C21H23N3O2S. The second-order valence-electron chi connectivity index (χ2n) is 7.01. The Hall–Kier alpha value is -2.31. The van der Waals surface area contributed by atoms with Crippen molar-refractivity contribution in [3.8, 4) is 0 Å². The van der Waals surface area contributed by atoms with Crippen LogP contribution < -0.4 is 0 Å². The van der Waals surface area contributed by atoms with Crippen LogP contribution in [0.15, 0.2) is 53.7 Å². The highest BCUT2D eigenvalue weighted by molar-refractivity contribution is 7.98. The highest BCUT2D eigenvalue weighted by atomic mass is 32.2. The third-order valence-corrected chi connectivity index (χ3v) is 5.60. The fourth-order valence-electron chi connectivity index (χ4n) is 3.42. The molecule has 0 bridgehead atoms. The van der Waals surface area contributed by atoms with E-state index in [1.54, 1.807) is 11.8 Å². The average molecular weight is 382 g/mol. The lowest BCUT2D eigenvalue weighted by Gasteiger charge is -2.35. The molecule has 0 saturated carbocycles. The highest BCUT2D eigenvalue weighted by Gasteiger charge is 2.26. The van der Waals surface area contributed by atoms with Crippen molar-refractivity contribution in [1.82, 2.24) is 14.9 Å². The topological polar surface area (TPSA) is 58.2 Å². The first-order valence-electron chi connectivity index (χ1n) is 9.20. The van der Waals surface area contributed by atoms with Crippen molar-refractivity contribution < 1.29 is 9.53 Å². The molecule has 1 aromatic heterocycles. The van der Waals surface area contributed by atoms with Crippen LogP contribution in [0.2, 0.25) is 0 Å². The van der Waals surface area contributed by atoms with Crippen molar-refractivity contribution in [3.63, 3.8) is 0 Å². The van der Waals surface area contributed by atoms with E-state index in [2.05, 4.69) is 9.97 Å². The molecule has 0 aliphatic carbocycles. The minimum Gasteiger partial charge on any atom is -0.372 e. The number of ether oxygens (including phenoxy) is 1. The number of H-pyrrole nitrogens is 1. The fraction of sp³-hybridized carbons (Fsp3) is 0.333. The molecular weight excluding hydrogens is 358 g/mol. The number of aromatic amines is 1. The van der Waals surface area contributed by atoms with Gasteiger partial charge in [0.2, 0.25) is 0 Å². The van der Waals surface area contributed by atoms with E-state index in [1.807, 2.05) is 67.3 Å². The lowest BCUT2D eigenvalue weighted by Crippen LogP contribution is -2.48. The van der Waals surface area contributed by atoms with Gasteiger partial charge in [0.15, 0.2) is 5.16 Å². The van der Waals surface area contributed by atoms with Crippen LogP contribution >= 0.6 is 11.8 Å². The van der Waals surface area contributed by atoms with E-state index in [-0.39, 0.29) is 18.1 Å². The summed E-state index contributed by atoms with van der Waals surface area (Å²) in [5.74, 6) is 0.883. The van der Waals surface area contributed by atoms with Crippen LogP contribution in [0.4, 0.5) is 0 Å². The molecule has 2 heterocycles. The van der Waals surface area contributed by atoms with E-state index in [0.717, 1.165) is 27.5 Å². The number of morpholine rings is 1. The third kappa shape index (κ3) is 4.17. The first kappa shape index (κ1) is 18.1. The number of fused-ring (bicyclic) bond motifs is 1. The normalized spacial score (nSPS) is 20.1. The van der Waals surface area contributed by atoms with Crippen LogP contribution in [-0.4, -0.2) is 46.1 Å². The molecule has 1 aliphatic heterocycles. The maximum atomic E-state index is 12.7. The van der Waals surface area contributed by atoms with E-state index < -0.39 is 0 Å². The molecule has 1 N–H and O–H groups in total. The number of nitrogens with one attached hydrogen (secondary N) is 1. The minimum absolute atomic E-state index is 0.0773. The summed E-state index contributed by atoms with van der Waals surface area (Å²) in [7, 11) is 0. The van der Waals surface area contributed by atoms with Crippen LogP contribution in [0.5, 0.6) is 0 Å². The molecule has 4 rings (SSSR count). The SMILES string of the molecule is C[C@@H]1CN(C(=O)c2ccc(CSc3nc4ccccc4[nH]3)cc2)C[C@@H](C)O1. The number of amides is 1. The monoisotopic (exact) mass is 381 g/mol. The Morgan fingerprint density at radius 2 is 1.85 bits per heavy atom. The Morgan fingerprint density at radius 3 is 2.56 bits per heavy atom. The van der Waals surface area contributed by atoms with E-state index in [4.69, 9.17) is 4.74 Å². The van der Waals surface area contributed by atoms with E-state index in [0.29, 0.717) is 13.1 Å². The van der Waals surface area contributed by atoms with Crippen LogP contribution in [0.3, 0.4) is 0 Å². The molecule has 6 heteroatoms. The summed E-state index contributed by atoms with van der Waals surface area (Å²) in [4.78, 5) is 22.5. The van der Waals surface area contributed by atoms with Gasteiger partial charge in [0.25, 0.3) is 5.91 Å². The van der Waals surface area contributed by atoms with Gasteiger partial charge in [-0.15, -0.1) is 0 Å². The first-order valence-corrected chi connectivity index (χ1v) is 10.2. The van der Waals surface area contributed by atoms with Crippen molar-refractivity contribution in [2.24, 2.45) is 0 Å². The zero-order valence-electron chi connectivity index (χ0n) is 15.5. The predicted octanol–water partition coefficient (Wildman–Crippen LogP) is 4.10. The van der Waals surface area contributed by atoms with E-state index in [9.17, 15) is 4.79 Å². The van der Waals surface area contributed by atoms with Crippen LogP contribution in [0.25, 0.3) is 11.0 Å². The van der Waals surface area contributed by atoms with Gasteiger partial charge < -0.3 is 14.6 Å². The Morgan fingerprint density at radius 1 is 1.15 bits per heavy atom. The summed E-state index contributed by atoms with van der Waals surface area (Å²) in [5, 5.41) is 0.910. The number of benzene rings is 2. The smallest absolute Gasteiger partial charge is 0.254 e. The van der Waals surface area contributed by atoms with Gasteiger partial charge in [-0.1, -0.05) is 36.0 Å². The van der Waals surface area contributed by atoms with Crippen molar-refractivity contribution in [2.45, 2.75) is 37.0 Å². The Bertz CT molecular complexity index is 895. The van der Waals surface area contributed by atoms with Crippen LogP contribution in [-0.2, 0) is 10.5 Å². The molecule has 3 aromatic rings. The lowest BCUT2D eigenvalue weighted by atomic mass is 10.1. The Balaban J connectivity index is 1.39. The summed E-state index contributed by atoms with van der Waals surface area (Å²) in [6, 6.07) is 15.9. The standard InChI is InChI=1S/C21H23N3O2S/c1-14-11-24(12-15(2)26-14)20(25)17-9-7-16(8-10-17)13-27-21-22-18-5-3-4-6-19(18)23-21/h3-10,14-15H,11-13H2,1-2H3,(H,22,23)/t14-,15-/m1/s1. The third-order valence-electron chi connectivity index (χ3n) is 4.65. The van der Waals surface area contributed by atoms with Crippen molar-refractivity contribution >= 4 is 28.7 Å². The van der Waals surface area contributed by atoms with Gasteiger partial charge in [-0.3, -0.25) is 4.79 Å². The largest absolute Gasteiger partial charge is 0.372 e. The second-order valence-corrected chi connectivity index (χ2v) is 7.98. The van der Waals surface area contributed by atoms with E-state index >= 15 is 0 Å². The van der Waals surface area contributed by atoms with Gasteiger partial charge >= 0.3 is 0 Å². The molecule has 5 nitrogen and oxygen atoms in total. The molecule has 0 spiro atoms. The maximum Gasteiger partial charge on any atom is 0.254 e. The first-order chi connectivity index (χ1) is 13.1. The summed E-state index contributed by atoms with van der Waals surface area (Å²) in [6.45, 7) is 5.31. The predicted molar refractivity (Wildman–Crippen MR) is 108 cm³/mol. The molecule has 140 valence electrons. The number of thioether (sulfide) groups is 1. The lowest BCUT2D eigenvalue weighted by molar-refractivity contribution is -0.0586. The summed E-state index contributed by atoms with van der Waals surface area (Å²) in [5.41, 5.74) is 3.93. The molecule has 1 saturated heterocycles. The number of aromatic nitrogens is 2. The van der Waals surface area contributed by atoms with Crippen LogP contribution in [0.1, 0.15) is 29.8 Å². The van der Waals surface area contributed by atoms with Crippen molar-refractivity contribution in [2.75, 3.05) is 13.1 Å². The molecule has 27 heavy (non-hydrogen) atoms. The summed E-state index contributed by atoms with van der Waals surface area (Å²) < 4.78 is 5.71. The number of para-hydroxylation sites is 2. The van der Waals surface area contributed by atoms with Gasteiger partial charge in [0.05, 0.1) is 23.2 Å². The maximum absolute atomic E-state index is 12.7. The minimum atomic E-state index is 0.0773. The van der Waals surface area contributed by atoms with Gasteiger partial charge in [-0.05, 0) is 43.7 Å². The molecule has 1 amide bonds. The van der Waals surface area contributed by atoms with E-state index in [1.165, 1.54) is 5.56 Å². The van der Waals surface area contributed by atoms with Gasteiger partial charge in [-0.25, -0.2) is 4.98 Å². The number of imidazole rings is 1. The second kappa shape index (κ2) is 7.74. The molecule has 0 radical (unpaired) electrons. The fourth-order valence-corrected chi connectivity index (χ4v) is 4.26. The van der Waals surface area contributed by atoms with Gasteiger partial charge in [-0.2, -0.15) is 0 Å². The molecule has 2 aromatic carbocycles. The Labute approximate surface area is 163 Å². The van der Waals surface area contributed by atoms with Gasteiger partial charge in [0, 0.05) is 24.4 Å². The number of hydrogen-bond donors (Lipinski definition) is 1. The number of hydrogen-bond acceptors (Lipinski definition) is 4. The molecule has 1 fully saturated rings. The van der Waals surface area contributed by atoms with Crippen LogP contribution in [0, 0.1) is 0 Å². The quantitative estimate of drug-likeness (QED) is 0.691. The summed E-state index contributed by atoms with van der Waals surface area (Å²) >= 11 is 1.66. The van der Waals surface area contributed by atoms with Crippen molar-refractivity contribution in [1.29, 1.82) is 0 Å². The molecule has 0 unspecified atom stereocenters. The van der Waals surface area contributed by atoms with Crippen molar-refractivity contribution in [3.05, 3.63) is 59.7 Å². The average Bonchev–Trinajstić information content (AvgIpc) is 3.08. The zero-order valence-corrected chi connectivity index (χ0v) is 16.3. The summed E-state index contributed by atoms with van der Waals surface area (Å²) in [6.07, 6.45) is 0.161.